The van der Waals surface area contributed by atoms with E-state index in [2.05, 4.69) is 5.32 Å². The first-order valence-electron chi connectivity index (χ1n) is 9.58. The van der Waals surface area contributed by atoms with Gasteiger partial charge < -0.3 is 10.1 Å². The summed E-state index contributed by atoms with van der Waals surface area (Å²) < 4.78 is 4.87. The molecule has 1 amide bonds. The van der Waals surface area contributed by atoms with Crippen molar-refractivity contribution in [2.75, 3.05) is 17.3 Å². The Morgan fingerprint density at radius 3 is 2.00 bits per heavy atom. The first kappa shape index (κ1) is 18.7. The van der Waals surface area contributed by atoms with Crippen molar-refractivity contribution in [2.24, 2.45) is 0 Å². The van der Waals surface area contributed by atoms with Crippen LogP contribution in [0.15, 0.2) is 72.8 Å². The number of ether oxygens (including phenoxy) is 1. The van der Waals surface area contributed by atoms with Gasteiger partial charge in [0.2, 0.25) is 17.2 Å². The molecule has 3 aromatic carbocycles. The molecule has 1 aliphatic heterocycles. The summed E-state index contributed by atoms with van der Waals surface area (Å²) in [6.07, 6.45) is 0. The van der Waals surface area contributed by atoms with Crippen molar-refractivity contribution in [3.63, 3.8) is 0 Å². The fourth-order valence-electron chi connectivity index (χ4n) is 4.23. The second-order valence-corrected chi connectivity index (χ2v) is 7.23. The van der Waals surface area contributed by atoms with E-state index >= 15 is 0 Å². The number of fused-ring (bicyclic) bond motifs is 2. The van der Waals surface area contributed by atoms with Gasteiger partial charge in [-0.15, -0.1) is 0 Å². The highest BCUT2D eigenvalue weighted by Gasteiger charge is 2.62. The van der Waals surface area contributed by atoms with Crippen LogP contribution >= 0.6 is 0 Å². The van der Waals surface area contributed by atoms with Gasteiger partial charge in [-0.1, -0.05) is 48.5 Å². The van der Waals surface area contributed by atoms with E-state index in [0.29, 0.717) is 5.69 Å². The first-order valence-corrected chi connectivity index (χ1v) is 9.58. The number of rotatable bonds is 2. The topological polar surface area (TPSA) is 92.8 Å². The molecule has 31 heavy (non-hydrogen) atoms. The molecule has 0 saturated carbocycles. The number of nitrogens with one attached hydrogen (secondary N) is 1. The van der Waals surface area contributed by atoms with E-state index in [0.717, 1.165) is 4.90 Å². The Morgan fingerprint density at radius 2 is 1.35 bits per heavy atom. The minimum Gasteiger partial charge on any atom is -0.465 e. The van der Waals surface area contributed by atoms with E-state index < -0.39 is 29.1 Å². The Morgan fingerprint density at radius 1 is 0.806 bits per heavy atom. The molecular formula is C24H16N2O5. The Hall–Kier alpha value is -4.26. The van der Waals surface area contributed by atoms with Crippen molar-refractivity contribution >= 4 is 34.8 Å². The number of hydrogen-bond donors (Lipinski definition) is 1. The molecule has 2 aliphatic rings. The molecule has 5 rings (SSSR count). The molecule has 0 aromatic heterocycles. The summed E-state index contributed by atoms with van der Waals surface area (Å²) in [6.45, 7) is 0. The number of nitrogens with zero attached hydrogens (tertiary/aromatic N) is 1. The highest BCUT2D eigenvalue weighted by molar-refractivity contribution is 6.40. The SMILES string of the molecule is COC(=O)c1ccccc1N1C(=O)c2ccccc2NC12C(=O)c1ccccc1C2=O. The minimum absolute atomic E-state index is 0.0652. The van der Waals surface area contributed by atoms with Gasteiger partial charge in [-0.3, -0.25) is 19.3 Å². The molecule has 1 aliphatic carbocycles. The summed E-state index contributed by atoms with van der Waals surface area (Å²) in [5.41, 5.74) is -0.788. The molecule has 1 heterocycles. The normalized spacial score (nSPS) is 16.0. The number of benzene rings is 3. The van der Waals surface area contributed by atoms with Gasteiger partial charge in [-0.05, 0) is 24.3 Å². The molecule has 0 unspecified atom stereocenters. The lowest BCUT2D eigenvalue weighted by Crippen LogP contribution is -2.67. The molecule has 3 aromatic rings. The number of esters is 1. The predicted molar refractivity (Wildman–Crippen MR) is 112 cm³/mol. The van der Waals surface area contributed by atoms with Gasteiger partial charge in [-0.25, -0.2) is 4.79 Å². The van der Waals surface area contributed by atoms with E-state index in [-0.39, 0.29) is 27.9 Å². The van der Waals surface area contributed by atoms with Crippen LogP contribution in [0, 0.1) is 0 Å². The van der Waals surface area contributed by atoms with Crippen molar-refractivity contribution in [3.05, 3.63) is 95.1 Å². The number of para-hydroxylation sites is 2. The lowest BCUT2D eigenvalue weighted by Gasteiger charge is -2.43. The first-order chi connectivity index (χ1) is 15.0. The molecule has 152 valence electrons. The largest absolute Gasteiger partial charge is 0.465 e. The number of anilines is 2. The van der Waals surface area contributed by atoms with Crippen LogP contribution in [0.2, 0.25) is 0 Å². The maximum absolute atomic E-state index is 13.7. The number of ketones is 2. The third kappa shape index (κ3) is 2.40. The lowest BCUT2D eigenvalue weighted by molar-refractivity contribution is 0.0599. The molecule has 0 bridgehead atoms. The maximum atomic E-state index is 13.7. The fraction of sp³-hybridized carbons (Fsp3) is 0.0833. The predicted octanol–water partition coefficient (Wildman–Crippen LogP) is 3.32. The maximum Gasteiger partial charge on any atom is 0.339 e. The lowest BCUT2D eigenvalue weighted by atomic mass is 9.92. The van der Waals surface area contributed by atoms with Gasteiger partial charge in [0, 0.05) is 16.8 Å². The zero-order valence-corrected chi connectivity index (χ0v) is 16.4. The van der Waals surface area contributed by atoms with Crippen LogP contribution in [0.25, 0.3) is 0 Å². The minimum atomic E-state index is -2.04. The van der Waals surface area contributed by atoms with Crippen LogP contribution in [0.5, 0.6) is 0 Å². The van der Waals surface area contributed by atoms with Crippen LogP contribution < -0.4 is 10.2 Å². The molecule has 1 spiro atoms. The van der Waals surface area contributed by atoms with E-state index in [9.17, 15) is 19.2 Å². The van der Waals surface area contributed by atoms with Gasteiger partial charge in [0.25, 0.3) is 5.91 Å². The van der Waals surface area contributed by atoms with Gasteiger partial charge in [0.1, 0.15) is 0 Å². The number of hydrogen-bond acceptors (Lipinski definition) is 6. The van der Waals surface area contributed by atoms with Crippen molar-refractivity contribution in [2.45, 2.75) is 5.66 Å². The highest BCUT2D eigenvalue weighted by atomic mass is 16.5. The summed E-state index contributed by atoms with van der Waals surface area (Å²) >= 11 is 0. The molecule has 1 N–H and O–H groups in total. The Labute approximate surface area is 177 Å². The highest BCUT2D eigenvalue weighted by Crippen LogP contribution is 2.43. The van der Waals surface area contributed by atoms with Crippen LogP contribution in [0.4, 0.5) is 11.4 Å². The number of Topliss-reactive ketones (excluding diaryl/α,β-unsaturated/α-hetero) is 2. The molecule has 0 radical (unpaired) electrons. The van der Waals surface area contributed by atoms with Gasteiger partial charge in [0.15, 0.2) is 0 Å². The summed E-state index contributed by atoms with van der Waals surface area (Å²) in [7, 11) is 1.22. The zero-order chi connectivity index (χ0) is 21.8. The van der Waals surface area contributed by atoms with Gasteiger partial charge >= 0.3 is 5.97 Å². The fourth-order valence-corrected chi connectivity index (χ4v) is 4.23. The molecule has 0 saturated heterocycles. The molecule has 7 nitrogen and oxygen atoms in total. The Bertz CT molecular complexity index is 1260. The summed E-state index contributed by atoms with van der Waals surface area (Å²) in [5, 5.41) is 3.04. The monoisotopic (exact) mass is 412 g/mol. The molecule has 0 fully saturated rings. The van der Waals surface area contributed by atoms with Gasteiger partial charge in [0.05, 0.1) is 23.9 Å². The standard InChI is InChI=1S/C24H16N2O5/c1-31-23(30)17-11-5-7-13-19(17)26-22(29)16-10-4-6-12-18(16)25-24(26)20(27)14-8-2-3-9-15(14)21(24)28/h2-13,25H,1H3. The number of carbonyl (C=O) groups excluding carboxylic acids is 4. The van der Waals surface area contributed by atoms with E-state index in [1.807, 2.05) is 0 Å². The van der Waals surface area contributed by atoms with E-state index in [1.165, 1.54) is 19.2 Å². The van der Waals surface area contributed by atoms with Crippen molar-refractivity contribution < 1.29 is 23.9 Å². The summed E-state index contributed by atoms with van der Waals surface area (Å²) in [5.74, 6) is -2.38. The zero-order valence-electron chi connectivity index (χ0n) is 16.4. The Kier molecular flexibility index (Phi) is 4.01. The smallest absolute Gasteiger partial charge is 0.339 e. The average molecular weight is 412 g/mol. The third-order valence-electron chi connectivity index (χ3n) is 5.64. The second kappa shape index (κ2) is 6.63. The molecular weight excluding hydrogens is 396 g/mol. The van der Waals surface area contributed by atoms with Crippen LogP contribution in [0.1, 0.15) is 41.4 Å². The molecule has 0 atom stereocenters. The van der Waals surface area contributed by atoms with Crippen molar-refractivity contribution in [1.29, 1.82) is 0 Å². The van der Waals surface area contributed by atoms with E-state index in [1.54, 1.807) is 60.7 Å². The quantitative estimate of drug-likeness (QED) is 0.513. The summed E-state index contributed by atoms with van der Waals surface area (Å²) in [4.78, 5) is 54.6. The van der Waals surface area contributed by atoms with Crippen LogP contribution in [-0.4, -0.2) is 36.2 Å². The summed E-state index contributed by atoms with van der Waals surface area (Å²) in [6, 6.07) is 19.3. The third-order valence-corrected chi connectivity index (χ3v) is 5.64. The number of methoxy groups -OCH3 is 1. The molecule has 7 heteroatoms. The Balaban J connectivity index is 1.83. The van der Waals surface area contributed by atoms with Crippen molar-refractivity contribution in [1.82, 2.24) is 0 Å². The number of carbonyl (C=O) groups is 4. The van der Waals surface area contributed by atoms with Gasteiger partial charge in [-0.2, -0.15) is 0 Å². The number of amides is 1. The van der Waals surface area contributed by atoms with Crippen LogP contribution in [0.3, 0.4) is 0 Å². The van der Waals surface area contributed by atoms with E-state index in [4.69, 9.17) is 4.74 Å². The van der Waals surface area contributed by atoms with Crippen molar-refractivity contribution in [3.8, 4) is 0 Å². The van der Waals surface area contributed by atoms with Crippen LogP contribution in [-0.2, 0) is 4.74 Å². The average Bonchev–Trinajstić information content (AvgIpc) is 3.01. The second-order valence-electron chi connectivity index (χ2n) is 7.23.